The average Bonchev–Trinajstić information content (AvgIpc) is 2.48. The van der Waals surface area contributed by atoms with Crippen molar-refractivity contribution in [1.82, 2.24) is 4.90 Å². The largest absolute Gasteiger partial charge is 0.366 e. The molecular formula is C12H18N. The third-order valence-corrected chi connectivity index (χ3v) is 3.12. The van der Waals surface area contributed by atoms with Crippen molar-refractivity contribution in [3.05, 3.63) is 30.3 Å². The molecule has 0 aromatic rings. The van der Waals surface area contributed by atoms with Crippen LogP contribution in [0.25, 0.3) is 0 Å². The predicted molar refractivity (Wildman–Crippen MR) is 56.1 cm³/mol. The number of allylic oxidation sites excluding steroid dienone is 3. The van der Waals surface area contributed by atoms with Crippen molar-refractivity contribution < 1.29 is 0 Å². The van der Waals surface area contributed by atoms with Crippen molar-refractivity contribution in [2.24, 2.45) is 0 Å². The van der Waals surface area contributed by atoms with Gasteiger partial charge < -0.3 is 4.90 Å². The van der Waals surface area contributed by atoms with Crippen LogP contribution >= 0.6 is 0 Å². The molecule has 1 nitrogen and oxygen atoms in total. The van der Waals surface area contributed by atoms with Crippen molar-refractivity contribution in [1.29, 1.82) is 0 Å². The molecule has 1 saturated heterocycles. The Bertz CT molecular complexity index is 230. The molecule has 0 saturated carbocycles. The van der Waals surface area contributed by atoms with Crippen molar-refractivity contribution in [2.75, 3.05) is 0 Å². The van der Waals surface area contributed by atoms with Crippen LogP contribution in [0.1, 0.15) is 33.1 Å². The molecule has 0 amide bonds. The van der Waals surface area contributed by atoms with E-state index in [4.69, 9.17) is 0 Å². The summed E-state index contributed by atoms with van der Waals surface area (Å²) in [5.41, 5.74) is 1.43. The molecule has 0 aromatic heterocycles. The molecule has 0 spiro atoms. The third kappa shape index (κ3) is 1.65. The lowest BCUT2D eigenvalue weighted by Crippen LogP contribution is -2.31. The molecule has 0 N–H and O–H groups in total. The molecule has 2 rings (SSSR count). The Balaban J connectivity index is 2.14. The van der Waals surface area contributed by atoms with E-state index in [2.05, 4.69) is 43.4 Å². The Morgan fingerprint density at radius 1 is 1.23 bits per heavy atom. The molecule has 0 aromatic carbocycles. The van der Waals surface area contributed by atoms with E-state index in [9.17, 15) is 0 Å². The topological polar surface area (TPSA) is 3.24 Å². The van der Waals surface area contributed by atoms with E-state index in [1.165, 1.54) is 18.5 Å². The van der Waals surface area contributed by atoms with E-state index in [-0.39, 0.29) is 0 Å². The summed E-state index contributed by atoms with van der Waals surface area (Å²) in [6, 6.07) is 1.45. The fraction of sp³-hybridized carbons (Fsp3) is 0.583. The maximum atomic E-state index is 2.56. The minimum atomic E-state index is 0.726. The van der Waals surface area contributed by atoms with E-state index in [0.29, 0.717) is 0 Å². The van der Waals surface area contributed by atoms with Crippen LogP contribution in [-0.4, -0.2) is 17.0 Å². The molecular weight excluding hydrogens is 158 g/mol. The van der Waals surface area contributed by atoms with E-state index >= 15 is 0 Å². The quantitative estimate of drug-likeness (QED) is 0.594. The summed E-state index contributed by atoms with van der Waals surface area (Å²) in [7, 11) is 0. The summed E-state index contributed by atoms with van der Waals surface area (Å²) < 4.78 is 0. The van der Waals surface area contributed by atoms with Crippen LogP contribution in [0, 0.1) is 6.42 Å². The maximum Gasteiger partial charge on any atom is 0.0327 e. The normalized spacial score (nSPS) is 33.7. The SMILES string of the molecule is CC1CCC(C)N1C1=CC[CH]C=C1. The summed E-state index contributed by atoms with van der Waals surface area (Å²) >= 11 is 0. The highest BCUT2D eigenvalue weighted by Crippen LogP contribution is 2.29. The van der Waals surface area contributed by atoms with Gasteiger partial charge in [-0.25, -0.2) is 0 Å². The summed E-state index contributed by atoms with van der Waals surface area (Å²) in [5, 5.41) is 0. The van der Waals surface area contributed by atoms with E-state index < -0.39 is 0 Å². The van der Waals surface area contributed by atoms with Gasteiger partial charge in [-0.2, -0.15) is 0 Å². The minimum Gasteiger partial charge on any atom is -0.366 e. The lowest BCUT2D eigenvalue weighted by molar-refractivity contribution is 0.285. The Labute approximate surface area is 81.1 Å². The smallest absolute Gasteiger partial charge is 0.0327 e. The first-order valence-corrected chi connectivity index (χ1v) is 5.27. The molecule has 1 radical (unpaired) electrons. The molecule has 1 heteroatoms. The van der Waals surface area contributed by atoms with Crippen molar-refractivity contribution in [2.45, 2.75) is 45.2 Å². The van der Waals surface area contributed by atoms with Crippen LogP contribution in [0.4, 0.5) is 0 Å². The van der Waals surface area contributed by atoms with Gasteiger partial charge >= 0.3 is 0 Å². The first-order valence-electron chi connectivity index (χ1n) is 5.27. The number of nitrogens with zero attached hydrogens (tertiary/aromatic N) is 1. The van der Waals surface area contributed by atoms with Crippen LogP contribution in [0.2, 0.25) is 0 Å². The standard InChI is InChI=1S/C12H18N/c1-10-8-9-11(2)13(10)12-6-4-3-5-7-12/h3-4,6-7,10-11H,5,8-9H2,1-2H3. The summed E-state index contributed by atoms with van der Waals surface area (Å²) in [5.74, 6) is 0. The Morgan fingerprint density at radius 3 is 2.46 bits per heavy atom. The molecule has 1 aliphatic heterocycles. The monoisotopic (exact) mass is 176 g/mol. The third-order valence-electron chi connectivity index (χ3n) is 3.12. The highest BCUT2D eigenvalue weighted by Gasteiger charge is 2.27. The van der Waals surface area contributed by atoms with Gasteiger partial charge in [0.05, 0.1) is 0 Å². The van der Waals surface area contributed by atoms with Gasteiger partial charge in [-0.1, -0.05) is 12.2 Å². The first-order chi connectivity index (χ1) is 6.29. The Morgan fingerprint density at radius 2 is 1.92 bits per heavy atom. The van der Waals surface area contributed by atoms with Gasteiger partial charge in [0, 0.05) is 17.8 Å². The highest BCUT2D eigenvalue weighted by molar-refractivity contribution is 5.27. The summed E-state index contributed by atoms with van der Waals surface area (Å²) in [4.78, 5) is 2.56. The average molecular weight is 176 g/mol. The highest BCUT2D eigenvalue weighted by atomic mass is 15.2. The molecule has 0 bridgehead atoms. The molecule has 2 aliphatic rings. The number of rotatable bonds is 1. The second kappa shape index (κ2) is 3.57. The fourth-order valence-corrected chi connectivity index (χ4v) is 2.40. The number of hydrogen-bond acceptors (Lipinski definition) is 1. The predicted octanol–water partition coefficient (Wildman–Crippen LogP) is 2.91. The Kier molecular flexibility index (Phi) is 2.43. The number of likely N-dealkylation sites (tertiary alicyclic amines) is 1. The van der Waals surface area contributed by atoms with Crippen LogP contribution in [0.3, 0.4) is 0 Å². The zero-order chi connectivity index (χ0) is 9.26. The second-order valence-corrected chi connectivity index (χ2v) is 4.14. The Hall–Kier alpha value is -0.720. The zero-order valence-corrected chi connectivity index (χ0v) is 8.53. The van der Waals surface area contributed by atoms with Gasteiger partial charge in [-0.05, 0) is 45.6 Å². The van der Waals surface area contributed by atoms with Gasteiger partial charge in [0.1, 0.15) is 0 Å². The molecule has 1 aliphatic carbocycles. The molecule has 13 heavy (non-hydrogen) atoms. The van der Waals surface area contributed by atoms with Crippen LogP contribution in [-0.2, 0) is 0 Å². The van der Waals surface area contributed by atoms with Crippen molar-refractivity contribution >= 4 is 0 Å². The minimum absolute atomic E-state index is 0.726. The number of hydrogen-bond donors (Lipinski definition) is 0. The molecule has 2 atom stereocenters. The van der Waals surface area contributed by atoms with Gasteiger partial charge in [0.2, 0.25) is 0 Å². The zero-order valence-electron chi connectivity index (χ0n) is 8.53. The van der Waals surface area contributed by atoms with E-state index in [0.717, 1.165) is 18.5 Å². The summed E-state index contributed by atoms with van der Waals surface area (Å²) in [6.07, 6.45) is 12.7. The maximum absolute atomic E-state index is 2.56. The molecule has 1 fully saturated rings. The van der Waals surface area contributed by atoms with Crippen molar-refractivity contribution in [3.8, 4) is 0 Å². The molecule has 71 valence electrons. The second-order valence-electron chi connectivity index (χ2n) is 4.14. The van der Waals surface area contributed by atoms with Crippen LogP contribution in [0.5, 0.6) is 0 Å². The molecule has 1 heterocycles. The van der Waals surface area contributed by atoms with Crippen molar-refractivity contribution in [3.63, 3.8) is 0 Å². The van der Waals surface area contributed by atoms with Gasteiger partial charge in [0.25, 0.3) is 0 Å². The lowest BCUT2D eigenvalue weighted by Gasteiger charge is -2.30. The van der Waals surface area contributed by atoms with Gasteiger partial charge in [-0.15, -0.1) is 0 Å². The van der Waals surface area contributed by atoms with E-state index in [1.54, 1.807) is 0 Å². The van der Waals surface area contributed by atoms with Gasteiger partial charge in [-0.3, -0.25) is 0 Å². The summed E-state index contributed by atoms with van der Waals surface area (Å²) in [6.45, 7) is 4.66. The lowest BCUT2D eigenvalue weighted by atomic mass is 10.1. The van der Waals surface area contributed by atoms with Gasteiger partial charge in [0.15, 0.2) is 0 Å². The molecule has 2 unspecified atom stereocenters. The van der Waals surface area contributed by atoms with Crippen LogP contribution in [0.15, 0.2) is 23.9 Å². The fourth-order valence-electron chi connectivity index (χ4n) is 2.40. The van der Waals surface area contributed by atoms with Crippen LogP contribution < -0.4 is 0 Å². The van der Waals surface area contributed by atoms with E-state index in [1.807, 2.05) is 0 Å². The first kappa shape index (κ1) is 8.86.